The number of aliphatic hydroxyl groups excluding tert-OH is 1. The third-order valence-corrected chi connectivity index (χ3v) is 3.92. The fourth-order valence-electron chi connectivity index (χ4n) is 2.13. The van der Waals surface area contributed by atoms with Gasteiger partial charge in [-0.25, -0.2) is 9.78 Å². The lowest BCUT2D eigenvalue weighted by molar-refractivity contribution is -0.384. The van der Waals surface area contributed by atoms with E-state index in [4.69, 9.17) is 27.9 Å². The number of halogens is 2. The van der Waals surface area contributed by atoms with E-state index in [1.54, 1.807) is 0 Å². The second kappa shape index (κ2) is 9.93. The molecule has 148 valence electrons. The Balaban J connectivity index is 2.14. The molecule has 0 aliphatic rings. The van der Waals surface area contributed by atoms with Crippen molar-refractivity contribution in [2.45, 2.75) is 17.0 Å². The van der Waals surface area contributed by atoms with E-state index in [1.807, 2.05) is 0 Å². The molecule has 1 amide bonds. The van der Waals surface area contributed by atoms with E-state index in [-0.39, 0.29) is 16.9 Å². The topological polar surface area (TPSA) is 145 Å². The van der Waals surface area contributed by atoms with Gasteiger partial charge in [-0.05, 0) is 17.7 Å². The van der Waals surface area contributed by atoms with Crippen LogP contribution in [0.4, 0.5) is 5.69 Å². The lowest BCUT2D eigenvalue weighted by Gasteiger charge is -2.24. The zero-order valence-electron chi connectivity index (χ0n) is 14.1. The standard InChI is InChI=1S/C16H14Cl2N4O6/c17-14(18)15(24)21-12(8-28-16(25)11-7-19-5-6-20-11)13(23)9-1-3-10(4-2-9)22(26)27/h1-7,12-14,23H,8H2,(H,21,24)/t12-,13-/m1/s1. The van der Waals surface area contributed by atoms with Crippen molar-refractivity contribution in [2.75, 3.05) is 6.61 Å². The van der Waals surface area contributed by atoms with Crippen LogP contribution in [-0.2, 0) is 9.53 Å². The predicted molar refractivity (Wildman–Crippen MR) is 97.8 cm³/mol. The van der Waals surface area contributed by atoms with Gasteiger partial charge in [0.25, 0.3) is 11.6 Å². The minimum Gasteiger partial charge on any atom is -0.459 e. The zero-order valence-corrected chi connectivity index (χ0v) is 15.6. The maximum absolute atomic E-state index is 12.0. The molecule has 0 spiro atoms. The van der Waals surface area contributed by atoms with Crippen LogP contribution in [0.1, 0.15) is 22.2 Å². The van der Waals surface area contributed by atoms with Crippen LogP contribution in [0.25, 0.3) is 0 Å². The average Bonchev–Trinajstić information content (AvgIpc) is 2.70. The maximum Gasteiger partial charge on any atom is 0.358 e. The Hall–Kier alpha value is -2.82. The van der Waals surface area contributed by atoms with Gasteiger partial charge < -0.3 is 15.2 Å². The summed E-state index contributed by atoms with van der Waals surface area (Å²) in [4.78, 5) is 40.1. The van der Waals surface area contributed by atoms with E-state index < -0.39 is 40.4 Å². The monoisotopic (exact) mass is 428 g/mol. The summed E-state index contributed by atoms with van der Waals surface area (Å²) in [6, 6.07) is 3.87. The van der Waals surface area contributed by atoms with Gasteiger partial charge in [-0.15, -0.1) is 0 Å². The number of carbonyl (C=O) groups is 2. The van der Waals surface area contributed by atoms with Crippen LogP contribution >= 0.6 is 23.2 Å². The van der Waals surface area contributed by atoms with Crippen LogP contribution in [0.2, 0.25) is 0 Å². The lowest BCUT2D eigenvalue weighted by Crippen LogP contribution is -2.45. The summed E-state index contributed by atoms with van der Waals surface area (Å²) < 4.78 is 5.06. The summed E-state index contributed by atoms with van der Waals surface area (Å²) in [6.07, 6.45) is 2.49. The van der Waals surface area contributed by atoms with Crippen LogP contribution in [0.15, 0.2) is 42.9 Å². The fourth-order valence-corrected chi connectivity index (χ4v) is 2.25. The average molecular weight is 429 g/mol. The van der Waals surface area contributed by atoms with Crippen molar-refractivity contribution in [2.24, 2.45) is 0 Å². The molecule has 12 heteroatoms. The summed E-state index contributed by atoms with van der Waals surface area (Å²) in [5.74, 6) is -1.64. The summed E-state index contributed by atoms with van der Waals surface area (Å²) in [6.45, 7) is -0.445. The molecule has 0 fully saturated rings. The molecule has 0 saturated carbocycles. The van der Waals surface area contributed by atoms with E-state index in [1.165, 1.54) is 42.9 Å². The first-order valence-corrected chi connectivity index (χ1v) is 8.61. The van der Waals surface area contributed by atoms with E-state index in [0.717, 1.165) is 0 Å². The third kappa shape index (κ3) is 5.84. The van der Waals surface area contributed by atoms with Gasteiger partial charge in [0.05, 0.1) is 17.2 Å². The smallest absolute Gasteiger partial charge is 0.358 e. The summed E-state index contributed by atoms with van der Waals surface area (Å²) >= 11 is 11.0. The number of amides is 1. The first kappa shape index (κ1) is 21.5. The van der Waals surface area contributed by atoms with Crippen molar-refractivity contribution < 1.29 is 24.4 Å². The lowest BCUT2D eigenvalue weighted by atomic mass is 10.0. The van der Waals surface area contributed by atoms with Crippen LogP contribution in [-0.4, -0.2) is 49.4 Å². The highest BCUT2D eigenvalue weighted by atomic mass is 35.5. The number of aromatic nitrogens is 2. The molecule has 1 aromatic heterocycles. The number of nitrogens with zero attached hydrogens (tertiary/aromatic N) is 3. The molecule has 0 aliphatic carbocycles. The number of aliphatic hydroxyl groups is 1. The first-order valence-electron chi connectivity index (χ1n) is 7.73. The first-order chi connectivity index (χ1) is 13.3. The second-order valence-electron chi connectivity index (χ2n) is 5.40. The third-order valence-electron chi connectivity index (χ3n) is 3.52. The van der Waals surface area contributed by atoms with Crippen molar-refractivity contribution in [3.8, 4) is 0 Å². The SMILES string of the molecule is O=C(OC[C@@H](NC(=O)C(Cl)Cl)[C@H](O)c1ccc([N+](=O)[O-])cc1)c1cnccn1. The summed E-state index contributed by atoms with van der Waals surface area (Å²) in [5, 5.41) is 23.6. The highest BCUT2D eigenvalue weighted by molar-refractivity contribution is 6.53. The number of ether oxygens (including phenoxy) is 1. The molecule has 0 saturated heterocycles. The Kier molecular flexibility index (Phi) is 7.61. The maximum atomic E-state index is 12.0. The number of nitrogens with one attached hydrogen (secondary N) is 1. The van der Waals surface area contributed by atoms with Crippen LogP contribution < -0.4 is 5.32 Å². The van der Waals surface area contributed by atoms with Gasteiger partial charge in [-0.3, -0.25) is 19.9 Å². The van der Waals surface area contributed by atoms with Gasteiger partial charge in [0, 0.05) is 24.5 Å². The highest BCUT2D eigenvalue weighted by Crippen LogP contribution is 2.21. The number of benzene rings is 1. The zero-order chi connectivity index (χ0) is 20.7. The largest absolute Gasteiger partial charge is 0.459 e. The predicted octanol–water partition coefficient (Wildman–Crippen LogP) is 1.56. The molecule has 2 aromatic rings. The number of carbonyl (C=O) groups excluding carboxylic acids is 2. The highest BCUT2D eigenvalue weighted by Gasteiger charge is 2.27. The molecule has 0 bridgehead atoms. The second-order valence-corrected chi connectivity index (χ2v) is 6.49. The van der Waals surface area contributed by atoms with Crippen LogP contribution in [0.3, 0.4) is 0 Å². The van der Waals surface area contributed by atoms with Crippen molar-refractivity contribution in [3.05, 3.63) is 64.2 Å². The number of non-ortho nitro benzene ring substituents is 1. The number of nitro groups is 1. The Labute approximate surface area is 168 Å². The molecular weight excluding hydrogens is 415 g/mol. The Morgan fingerprint density at radius 2 is 1.93 bits per heavy atom. The van der Waals surface area contributed by atoms with E-state index in [9.17, 15) is 24.8 Å². The number of esters is 1. The Morgan fingerprint density at radius 1 is 1.25 bits per heavy atom. The van der Waals surface area contributed by atoms with Gasteiger partial charge in [-0.2, -0.15) is 0 Å². The van der Waals surface area contributed by atoms with Gasteiger partial charge in [0.2, 0.25) is 0 Å². The van der Waals surface area contributed by atoms with Gasteiger partial charge >= 0.3 is 5.97 Å². The number of hydrogen-bond donors (Lipinski definition) is 2. The Bertz CT molecular complexity index is 835. The molecule has 2 N–H and O–H groups in total. The molecule has 10 nitrogen and oxygen atoms in total. The molecule has 0 aliphatic heterocycles. The van der Waals surface area contributed by atoms with E-state index in [2.05, 4.69) is 15.3 Å². The number of rotatable bonds is 8. The van der Waals surface area contributed by atoms with Crippen LogP contribution in [0.5, 0.6) is 0 Å². The van der Waals surface area contributed by atoms with E-state index >= 15 is 0 Å². The number of nitro benzene ring substituents is 1. The van der Waals surface area contributed by atoms with Gasteiger partial charge in [0.15, 0.2) is 10.5 Å². The Morgan fingerprint density at radius 3 is 2.46 bits per heavy atom. The van der Waals surface area contributed by atoms with Crippen molar-refractivity contribution in [1.82, 2.24) is 15.3 Å². The molecule has 1 heterocycles. The normalized spacial score (nSPS) is 12.9. The molecule has 28 heavy (non-hydrogen) atoms. The number of alkyl halides is 2. The minimum absolute atomic E-state index is 0.0648. The molecule has 2 atom stereocenters. The van der Waals surface area contributed by atoms with Crippen LogP contribution in [0, 0.1) is 10.1 Å². The number of hydrogen-bond acceptors (Lipinski definition) is 8. The van der Waals surface area contributed by atoms with Crippen molar-refractivity contribution >= 4 is 40.8 Å². The fraction of sp³-hybridized carbons (Fsp3) is 0.250. The molecular formula is C16H14Cl2N4O6. The van der Waals surface area contributed by atoms with Gasteiger partial charge in [-0.1, -0.05) is 23.2 Å². The summed E-state index contributed by atoms with van der Waals surface area (Å²) in [7, 11) is 0. The quantitative estimate of drug-likeness (QED) is 0.278. The molecule has 2 rings (SSSR count). The van der Waals surface area contributed by atoms with Crippen molar-refractivity contribution in [3.63, 3.8) is 0 Å². The molecule has 0 radical (unpaired) electrons. The van der Waals surface area contributed by atoms with Crippen molar-refractivity contribution in [1.29, 1.82) is 0 Å². The summed E-state index contributed by atoms with van der Waals surface area (Å²) in [5.41, 5.74) is 0.00399. The van der Waals surface area contributed by atoms with Gasteiger partial charge in [0.1, 0.15) is 12.7 Å². The molecule has 1 aromatic carbocycles. The molecule has 0 unspecified atom stereocenters. The van der Waals surface area contributed by atoms with E-state index in [0.29, 0.717) is 0 Å². The minimum atomic E-state index is -1.41.